The number of hydrogen-bond donors (Lipinski definition) is 2. The average molecular weight is 538 g/mol. The van der Waals surface area contributed by atoms with Crippen LogP contribution < -0.4 is 10.6 Å². The summed E-state index contributed by atoms with van der Waals surface area (Å²) in [5.74, 6) is -1.37. The lowest BCUT2D eigenvalue weighted by molar-refractivity contribution is -0.127. The zero-order valence-electron chi connectivity index (χ0n) is 21.1. The molecule has 9 heteroatoms. The van der Waals surface area contributed by atoms with Gasteiger partial charge in [0.2, 0.25) is 15.9 Å². The number of carbonyl (C=O) groups excluding carboxylic acids is 2. The average Bonchev–Trinajstić information content (AvgIpc) is 2.94. The molecule has 3 atom stereocenters. The van der Waals surface area contributed by atoms with E-state index in [0.29, 0.717) is 30.3 Å². The van der Waals surface area contributed by atoms with Gasteiger partial charge in [0.15, 0.2) is 0 Å². The molecule has 1 saturated heterocycles. The molecule has 200 valence electrons. The van der Waals surface area contributed by atoms with Crippen molar-refractivity contribution in [2.75, 3.05) is 13.1 Å². The fourth-order valence-corrected chi connectivity index (χ4v) is 7.30. The van der Waals surface area contributed by atoms with E-state index in [1.807, 2.05) is 24.3 Å². The van der Waals surface area contributed by atoms with Crippen molar-refractivity contribution in [3.63, 3.8) is 0 Å². The van der Waals surface area contributed by atoms with Gasteiger partial charge in [0.05, 0.1) is 10.8 Å². The molecule has 1 saturated carbocycles. The van der Waals surface area contributed by atoms with Gasteiger partial charge in [-0.2, -0.15) is 4.31 Å². The van der Waals surface area contributed by atoms with Crippen molar-refractivity contribution in [2.24, 2.45) is 5.92 Å². The Morgan fingerprint density at radius 2 is 1.50 bits per heavy atom. The van der Waals surface area contributed by atoms with E-state index < -0.39 is 21.8 Å². The maximum absolute atomic E-state index is 13.6. The van der Waals surface area contributed by atoms with E-state index in [9.17, 15) is 22.4 Å². The number of halogens is 1. The summed E-state index contributed by atoms with van der Waals surface area (Å²) in [4.78, 5) is 26.3. The van der Waals surface area contributed by atoms with E-state index >= 15 is 0 Å². The summed E-state index contributed by atoms with van der Waals surface area (Å²) in [5, 5.41) is 7.64. The van der Waals surface area contributed by atoms with Crippen molar-refractivity contribution in [1.29, 1.82) is 0 Å². The predicted molar refractivity (Wildman–Crippen MR) is 143 cm³/mol. The quantitative estimate of drug-likeness (QED) is 0.492. The van der Waals surface area contributed by atoms with Crippen LogP contribution in [-0.4, -0.2) is 49.7 Å². The van der Waals surface area contributed by atoms with E-state index in [-0.39, 0.29) is 35.3 Å². The van der Waals surface area contributed by atoms with Crippen LogP contribution >= 0.6 is 0 Å². The highest BCUT2D eigenvalue weighted by Crippen LogP contribution is 2.29. The first kappa shape index (κ1) is 26.3. The molecule has 2 amide bonds. The Labute approximate surface area is 222 Å². The molecule has 0 aromatic heterocycles. The second kappa shape index (κ2) is 11.2. The topological polar surface area (TPSA) is 95.6 Å². The lowest BCUT2D eigenvalue weighted by atomic mass is 9.89. The van der Waals surface area contributed by atoms with Crippen molar-refractivity contribution in [1.82, 2.24) is 14.9 Å². The molecule has 2 fully saturated rings. The summed E-state index contributed by atoms with van der Waals surface area (Å²) in [7, 11) is -3.78. The van der Waals surface area contributed by atoms with Crippen LogP contribution in [0, 0.1) is 11.7 Å². The molecule has 1 heterocycles. The summed E-state index contributed by atoms with van der Waals surface area (Å²) in [5.41, 5.74) is 0.364. The van der Waals surface area contributed by atoms with Crippen LogP contribution in [0.5, 0.6) is 0 Å². The molecule has 2 aliphatic rings. The smallest absolute Gasteiger partial charge is 0.251 e. The predicted octanol–water partition coefficient (Wildman–Crippen LogP) is 4.24. The zero-order valence-corrected chi connectivity index (χ0v) is 21.9. The van der Waals surface area contributed by atoms with Crippen LogP contribution in [0.3, 0.4) is 0 Å². The van der Waals surface area contributed by atoms with Crippen molar-refractivity contribution in [2.45, 2.75) is 55.5 Å². The maximum atomic E-state index is 13.6. The minimum absolute atomic E-state index is 0.122. The van der Waals surface area contributed by atoms with Crippen molar-refractivity contribution >= 4 is 32.6 Å². The third kappa shape index (κ3) is 5.59. The molecule has 5 rings (SSSR count). The molecule has 3 aromatic carbocycles. The highest BCUT2D eigenvalue weighted by molar-refractivity contribution is 7.89. The third-order valence-corrected chi connectivity index (χ3v) is 9.56. The van der Waals surface area contributed by atoms with Crippen LogP contribution in [0.15, 0.2) is 71.6 Å². The first-order valence-electron chi connectivity index (χ1n) is 13.2. The fraction of sp³-hybridized carbons (Fsp3) is 0.379. The Morgan fingerprint density at radius 3 is 2.26 bits per heavy atom. The van der Waals surface area contributed by atoms with Crippen molar-refractivity contribution in [3.05, 3.63) is 78.1 Å². The van der Waals surface area contributed by atoms with Gasteiger partial charge in [-0.15, -0.1) is 0 Å². The van der Waals surface area contributed by atoms with Gasteiger partial charge in [-0.05, 0) is 61.4 Å². The third-order valence-electron chi connectivity index (χ3n) is 7.64. The minimum atomic E-state index is -3.78. The lowest BCUT2D eigenvalue weighted by Gasteiger charge is -2.36. The van der Waals surface area contributed by atoms with Crippen LogP contribution in [0.1, 0.15) is 48.9 Å². The summed E-state index contributed by atoms with van der Waals surface area (Å²) in [6.07, 6.45) is 4.51. The monoisotopic (exact) mass is 537 g/mol. The number of carbonyl (C=O) groups is 2. The maximum Gasteiger partial charge on any atom is 0.251 e. The minimum Gasteiger partial charge on any atom is -0.351 e. The number of hydrogen-bond acceptors (Lipinski definition) is 4. The largest absolute Gasteiger partial charge is 0.351 e. The Kier molecular flexibility index (Phi) is 7.76. The van der Waals surface area contributed by atoms with Gasteiger partial charge >= 0.3 is 0 Å². The Morgan fingerprint density at radius 1 is 0.816 bits per heavy atom. The summed E-state index contributed by atoms with van der Waals surface area (Å²) >= 11 is 0. The Hall–Kier alpha value is -3.30. The standard InChI is InChI=1S/C29H32FN3O4S/c30-23-16-14-21(15-17-23)28(34)31-25-11-3-4-12-26(25)32-29(35)22-9-6-18-33(19-22)38(36,37)27-13-5-8-20-7-1-2-10-24(20)27/h1-2,5,7-8,10,13-17,22,25-26H,3-4,6,9,11-12,18-19H2,(H,31,34)(H,32,35)/t22-,25+,26+/m0/s1. The summed E-state index contributed by atoms with van der Waals surface area (Å²) < 4.78 is 41.9. The molecule has 2 N–H and O–H groups in total. The molecule has 38 heavy (non-hydrogen) atoms. The number of fused-ring (bicyclic) bond motifs is 1. The van der Waals surface area contributed by atoms with Crippen molar-refractivity contribution < 1.29 is 22.4 Å². The normalized spacial score (nSPS) is 22.6. The zero-order chi connectivity index (χ0) is 26.7. The molecule has 1 aliphatic heterocycles. The number of rotatable bonds is 6. The van der Waals surface area contributed by atoms with Gasteiger partial charge in [0.1, 0.15) is 5.82 Å². The van der Waals surface area contributed by atoms with E-state index in [2.05, 4.69) is 10.6 Å². The van der Waals surface area contributed by atoms with Gasteiger partial charge in [0.25, 0.3) is 5.91 Å². The van der Waals surface area contributed by atoms with Crippen LogP contribution in [-0.2, 0) is 14.8 Å². The first-order valence-corrected chi connectivity index (χ1v) is 14.6. The summed E-state index contributed by atoms with van der Waals surface area (Å²) in [6, 6.07) is 17.5. The van der Waals surface area contributed by atoms with Gasteiger partial charge in [-0.25, -0.2) is 12.8 Å². The van der Waals surface area contributed by atoms with Gasteiger partial charge in [0, 0.05) is 36.1 Å². The molecular formula is C29H32FN3O4S. The number of nitrogens with one attached hydrogen (secondary N) is 2. The Balaban J connectivity index is 1.26. The second-order valence-corrected chi connectivity index (χ2v) is 12.1. The SMILES string of the molecule is O=C(N[C@@H]1CCCC[C@H]1NC(=O)[C@H]1CCCN(S(=O)(=O)c2cccc3ccccc23)C1)c1ccc(F)cc1. The van der Waals surface area contributed by atoms with Gasteiger partial charge < -0.3 is 10.6 Å². The van der Waals surface area contributed by atoms with E-state index in [1.54, 1.807) is 18.2 Å². The number of benzene rings is 3. The van der Waals surface area contributed by atoms with E-state index in [1.165, 1.54) is 28.6 Å². The van der Waals surface area contributed by atoms with E-state index in [4.69, 9.17) is 0 Å². The number of sulfonamides is 1. The van der Waals surface area contributed by atoms with Crippen molar-refractivity contribution in [3.8, 4) is 0 Å². The van der Waals surface area contributed by atoms with Crippen LogP contribution in [0.4, 0.5) is 4.39 Å². The number of nitrogens with zero attached hydrogens (tertiary/aromatic N) is 1. The molecule has 7 nitrogen and oxygen atoms in total. The fourth-order valence-electron chi connectivity index (χ4n) is 5.56. The highest BCUT2D eigenvalue weighted by Gasteiger charge is 2.36. The highest BCUT2D eigenvalue weighted by atomic mass is 32.2. The number of amides is 2. The first-order chi connectivity index (χ1) is 18.3. The van der Waals surface area contributed by atoms with Crippen LogP contribution in [0.2, 0.25) is 0 Å². The number of piperidine rings is 1. The summed E-state index contributed by atoms with van der Waals surface area (Å²) in [6.45, 7) is 0.492. The molecule has 0 spiro atoms. The van der Waals surface area contributed by atoms with Gasteiger partial charge in [-0.3, -0.25) is 9.59 Å². The molecular weight excluding hydrogens is 505 g/mol. The van der Waals surface area contributed by atoms with Crippen LogP contribution in [0.25, 0.3) is 10.8 Å². The molecule has 0 unspecified atom stereocenters. The molecule has 1 aliphatic carbocycles. The molecule has 0 bridgehead atoms. The Bertz CT molecular complexity index is 1420. The lowest BCUT2D eigenvalue weighted by Crippen LogP contribution is -2.55. The second-order valence-electron chi connectivity index (χ2n) is 10.2. The molecule has 3 aromatic rings. The van der Waals surface area contributed by atoms with Gasteiger partial charge in [-0.1, -0.05) is 49.2 Å². The molecule has 0 radical (unpaired) electrons. The van der Waals surface area contributed by atoms with E-state index in [0.717, 1.165) is 31.1 Å².